The van der Waals surface area contributed by atoms with Crippen molar-refractivity contribution >= 4 is 25.3 Å². The topological polar surface area (TPSA) is 123 Å². The zero-order chi connectivity index (χ0) is 30.6. The first-order valence-corrected chi connectivity index (χ1v) is 18.3. The number of ketones is 1. The van der Waals surface area contributed by atoms with Crippen molar-refractivity contribution < 1.29 is 38.8 Å². The molecule has 4 aliphatic carbocycles. The number of aliphatic hydroxyl groups is 3. The highest BCUT2D eigenvalue weighted by Gasteiger charge is 2.75. The Morgan fingerprint density at radius 1 is 1.10 bits per heavy atom. The smallest absolute Gasteiger partial charge is 0.309 e. The monoisotopic (exact) mass is 598 g/mol. The Labute approximate surface area is 249 Å². The van der Waals surface area contributed by atoms with E-state index >= 15 is 4.79 Å². The highest BCUT2D eigenvalue weighted by Crippen LogP contribution is 2.65. The lowest BCUT2D eigenvalue weighted by Gasteiger charge is -2.68. The van der Waals surface area contributed by atoms with Crippen LogP contribution in [-0.2, 0) is 23.5 Å². The van der Waals surface area contributed by atoms with E-state index in [0.29, 0.717) is 30.4 Å². The van der Waals surface area contributed by atoms with Crippen LogP contribution in [0.15, 0.2) is 41.5 Å². The van der Waals surface area contributed by atoms with E-state index in [0.717, 1.165) is 5.19 Å². The molecule has 0 aromatic heterocycles. The number of esters is 1. The summed E-state index contributed by atoms with van der Waals surface area (Å²) in [6, 6.07) is 9.99. The summed E-state index contributed by atoms with van der Waals surface area (Å²) in [5.74, 6) is -2.44. The van der Waals surface area contributed by atoms with Gasteiger partial charge < -0.3 is 29.2 Å². The van der Waals surface area contributed by atoms with Gasteiger partial charge in [-0.1, -0.05) is 51.1 Å². The molecule has 9 atom stereocenters. The first-order valence-electron chi connectivity index (χ1n) is 15.4. The molecule has 9 heteroatoms. The van der Waals surface area contributed by atoms with E-state index in [4.69, 9.17) is 13.9 Å². The van der Waals surface area contributed by atoms with Gasteiger partial charge in [-0.15, -0.1) is 0 Å². The van der Waals surface area contributed by atoms with Gasteiger partial charge in [-0.2, -0.15) is 0 Å². The third-order valence-corrected chi connectivity index (χ3v) is 14.5. The first-order chi connectivity index (χ1) is 19.5. The van der Waals surface area contributed by atoms with Crippen molar-refractivity contribution in [1.29, 1.82) is 0 Å². The summed E-state index contributed by atoms with van der Waals surface area (Å²) in [5, 5.41) is 37.4. The van der Waals surface area contributed by atoms with Crippen LogP contribution < -0.4 is 5.19 Å². The molecule has 1 aromatic rings. The molecule has 6 rings (SSSR count). The highest BCUT2D eigenvalue weighted by atomic mass is 28.4. The Kier molecular flexibility index (Phi) is 6.86. The Balaban J connectivity index is 1.56. The van der Waals surface area contributed by atoms with Crippen LogP contribution in [0.4, 0.5) is 0 Å². The third-order valence-electron chi connectivity index (χ3n) is 11.9. The van der Waals surface area contributed by atoms with E-state index in [9.17, 15) is 20.1 Å². The molecule has 4 fully saturated rings. The van der Waals surface area contributed by atoms with Crippen molar-refractivity contribution in [3.8, 4) is 0 Å². The number of fused-ring (bicyclic) bond motifs is 5. The van der Waals surface area contributed by atoms with Gasteiger partial charge in [0.2, 0.25) is 8.32 Å². The second kappa shape index (κ2) is 9.56. The van der Waals surface area contributed by atoms with Crippen molar-refractivity contribution in [3.63, 3.8) is 0 Å². The van der Waals surface area contributed by atoms with E-state index < -0.39 is 72.6 Å². The fourth-order valence-corrected chi connectivity index (χ4v) is 11.2. The highest BCUT2D eigenvalue weighted by molar-refractivity contribution is 6.84. The molecule has 3 N–H and O–H groups in total. The quantitative estimate of drug-likeness (QED) is 0.269. The molecule has 1 aromatic carbocycles. The van der Waals surface area contributed by atoms with Crippen LogP contribution in [0.1, 0.15) is 60.3 Å². The summed E-state index contributed by atoms with van der Waals surface area (Å²) in [7, 11) is -2.60. The Morgan fingerprint density at radius 2 is 1.74 bits per heavy atom. The second-order valence-electron chi connectivity index (χ2n) is 14.9. The fraction of sp³-hybridized carbons (Fsp3) is 0.697. The predicted molar refractivity (Wildman–Crippen MR) is 158 cm³/mol. The van der Waals surface area contributed by atoms with Gasteiger partial charge in [0.15, 0.2) is 11.9 Å². The lowest BCUT2D eigenvalue weighted by Crippen LogP contribution is -2.79. The largest absolute Gasteiger partial charge is 0.449 e. The SMILES string of the molecule is CC1=C2C(OC(=O)C3CC3)C(=O)[C@]3(C)C(O[Si](C)(C)c4ccccc4)CC4OC[C@@]4(O)C3C(C)C(O)(CC1O)C2(C)C. The van der Waals surface area contributed by atoms with Crippen molar-refractivity contribution in [2.75, 3.05) is 6.61 Å². The summed E-state index contributed by atoms with van der Waals surface area (Å²) >= 11 is 0. The minimum Gasteiger partial charge on any atom is -0.449 e. The van der Waals surface area contributed by atoms with E-state index in [1.807, 2.05) is 58.0 Å². The van der Waals surface area contributed by atoms with Crippen molar-refractivity contribution in [2.45, 2.75) is 109 Å². The number of rotatable bonds is 5. The molecular formula is C33H46O8Si. The summed E-state index contributed by atoms with van der Waals surface area (Å²) in [5.41, 5.74) is -4.27. The Morgan fingerprint density at radius 3 is 2.31 bits per heavy atom. The van der Waals surface area contributed by atoms with E-state index in [-0.39, 0.29) is 24.7 Å². The molecular weight excluding hydrogens is 552 g/mol. The number of benzene rings is 1. The van der Waals surface area contributed by atoms with Gasteiger partial charge in [0, 0.05) is 24.2 Å². The van der Waals surface area contributed by atoms with Crippen LogP contribution in [-0.4, -0.2) is 77.6 Å². The van der Waals surface area contributed by atoms with Gasteiger partial charge in [0.25, 0.3) is 0 Å². The van der Waals surface area contributed by atoms with Crippen molar-refractivity contribution in [2.24, 2.45) is 28.6 Å². The number of ether oxygens (including phenoxy) is 2. The van der Waals surface area contributed by atoms with Crippen LogP contribution in [0.25, 0.3) is 0 Å². The first kappa shape index (κ1) is 30.2. The third kappa shape index (κ3) is 4.03. The molecule has 3 saturated carbocycles. The fourth-order valence-electron chi connectivity index (χ4n) is 9.02. The van der Waals surface area contributed by atoms with Crippen LogP contribution in [0.2, 0.25) is 13.1 Å². The van der Waals surface area contributed by atoms with Gasteiger partial charge in [-0.05, 0) is 62.0 Å². The molecule has 42 heavy (non-hydrogen) atoms. The molecule has 0 radical (unpaired) electrons. The van der Waals surface area contributed by atoms with Crippen LogP contribution in [0.3, 0.4) is 0 Å². The zero-order valence-corrected chi connectivity index (χ0v) is 26.8. The zero-order valence-electron chi connectivity index (χ0n) is 25.8. The molecule has 1 saturated heterocycles. The predicted octanol–water partition coefficient (Wildman–Crippen LogP) is 3.02. The van der Waals surface area contributed by atoms with Gasteiger partial charge in [0.05, 0.1) is 41.9 Å². The summed E-state index contributed by atoms with van der Waals surface area (Å²) in [6.07, 6.45) is -1.80. The lowest BCUT2D eigenvalue weighted by molar-refractivity contribution is -0.334. The number of carbonyl (C=O) groups excluding carboxylic acids is 2. The van der Waals surface area contributed by atoms with E-state index in [2.05, 4.69) is 13.1 Å². The van der Waals surface area contributed by atoms with Gasteiger partial charge >= 0.3 is 5.97 Å². The number of hydrogen-bond donors (Lipinski definition) is 3. The number of aliphatic hydroxyl groups excluding tert-OH is 1. The second-order valence-corrected chi connectivity index (χ2v) is 18.7. The molecule has 8 nitrogen and oxygen atoms in total. The normalized spacial score (nSPS) is 43.0. The summed E-state index contributed by atoms with van der Waals surface area (Å²) in [6.45, 7) is 13.4. The maximum atomic E-state index is 15.3. The minimum absolute atomic E-state index is 0.0368. The lowest BCUT2D eigenvalue weighted by atomic mass is 9.43. The molecule has 2 bridgehead atoms. The Hall–Kier alpha value is -1.88. The summed E-state index contributed by atoms with van der Waals surface area (Å²) < 4.78 is 19.2. The number of hydrogen-bond acceptors (Lipinski definition) is 8. The van der Waals surface area contributed by atoms with Gasteiger partial charge in [-0.3, -0.25) is 9.59 Å². The minimum atomic E-state index is -2.60. The molecule has 0 spiro atoms. The molecule has 7 unspecified atom stereocenters. The van der Waals surface area contributed by atoms with Crippen LogP contribution in [0, 0.1) is 28.6 Å². The summed E-state index contributed by atoms with van der Waals surface area (Å²) in [4.78, 5) is 28.5. The number of Topliss-reactive ketones (excluding diaryl/α,β-unsaturated/α-hetero) is 1. The average molecular weight is 599 g/mol. The van der Waals surface area contributed by atoms with E-state index in [1.165, 1.54) is 0 Å². The number of carbonyl (C=O) groups is 2. The van der Waals surface area contributed by atoms with Crippen LogP contribution >= 0.6 is 0 Å². The molecule has 1 heterocycles. The molecule has 1 aliphatic heterocycles. The standard InChI is InChI=1S/C33H46O8Si/c1-18-22(34)16-33(38)19(2)27-31(5,28(35)26(25(18)30(33,3)4)40-29(36)20-13-14-20)23(15-24-32(27,37)17-39-24)41-42(6,7)21-11-9-8-10-12-21/h8-12,19-20,22-24,26-27,34,37-38H,13-17H2,1-7H3/t19?,22?,23?,24?,26?,27?,31-,32+,33?/m1/s1. The van der Waals surface area contributed by atoms with Crippen LogP contribution in [0.5, 0.6) is 0 Å². The van der Waals surface area contributed by atoms with Crippen molar-refractivity contribution in [3.05, 3.63) is 41.5 Å². The van der Waals surface area contributed by atoms with Crippen molar-refractivity contribution in [1.82, 2.24) is 0 Å². The molecule has 0 amide bonds. The Bertz CT molecular complexity index is 1320. The molecule has 230 valence electrons. The van der Waals surface area contributed by atoms with Gasteiger partial charge in [0.1, 0.15) is 5.60 Å². The maximum absolute atomic E-state index is 15.3. The average Bonchev–Trinajstić information content (AvgIpc) is 3.77. The van der Waals surface area contributed by atoms with E-state index in [1.54, 1.807) is 6.92 Å². The van der Waals surface area contributed by atoms with Gasteiger partial charge in [-0.25, -0.2) is 0 Å². The molecule has 5 aliphatic rings. The maximum Gasteiger partial charge on any atom is 0.309 e.